The summed E-state index contributed by atoms with van der Waals surface area (Å²) in [6, 6.07) is 0. The highest BCUT2D eigenvalue weighted by atomic mass is 32.7. The first-order chi connectivity index (χ1) is 26.0. The number of hydrogen-bond donors (Lipinski definition) is 5. The van der Waals surface area contributed by atoms with E-state index in [1.54, 1.807) is 20.8 Å². The second-order valence-corrected chi connectivity index (χ2v) is 19.2. The monoisotopic (exact) mass is 851 g/mol. The van der Waals surface area contributed by atoms with Gasteiger partial charge in [0.2, 0.25) is 0 Å². The zero-order valence-electron chi connectivity index (χ0n) is 29.2. The molecule has 7 rings (SSSR count). The number of fused-ring (bicyclic) bond motifs is 4. The average molecular weight is 852 g/mol. The first-order valence-electron chi connectivity index (χ1n) is 16.7. The van der Waals surface area contributed by atoms with Gasteiger partial charge in [0.05, 0.1) is 25.9 Å². The fourth-order valence-electron chi connectivity index (χ4n) is 6.08. The summed E-state index contributed by atoms with van der Waals surface area (Å²) >= 11 is 9.27. The number of aromatic nitrogens is 8. The molecule has 21 nitrogen and oxygen atoms in total. The van der Waals surface area contributed by atoms with Crippen molar-refractivity contribution in [3.05, 3.63) is 25.3 Å². The number of carbonyl (C=O) groups excluding carboxylic acids is 1. The normalized spacial score (nSPS) is 33.1. The molecule has 3 fully saturated rings. The number of alkyl halides is 2. The molecule has 0 saturated carbocycles. The Bertz CT molecular complexity index is 2150. The van der Waals surface area contributed by atoms with E-state index in [4.69, 9.17) is 49.8 Å². The van der Waals surface area contributed by atoms with Crippen LogP contribution >= 0.6 is 25.8 Å². The lowest BCUT2D eigenvalue weighted by molar-refractivity contribution is -0.0564. The van der Waals surface area contributed by atoms with Crippen LogP contribution in [-0.4, -0.2) is 119 Å². The van der Waals surface area contributed by atoms with E-state index < -0.39 is 87.6 Å². The Morgan fingerprint density at radius 2 is 1.55 bits per heavy atom. The van der Waals surface area contributed by atoms with Crippen molar-refractivity contribution in [3.8, 4) is 0 Å². The van der Waals surface area contributed by atoms with Crippen LogP contribution in [0.15, 0.2) is 25.3 Å². The van der Waals surface area contributed by atoms with Gasteiger partial charge in [-0.3, -0.25) is 22.7 Å². The molecule has 0 bridgehead atoms. The number of amides is 1. The van der Waals surface area contributed by atoms with Crippen LogP contribution in [0.3, 0.4) is 0 Å². The third kappa shape index (κ3) is 8.71. The standard InChI is InChI=1S/C28H37F2N11O10P2S2/c1-28(2,3)49-27(42)33-6-4-5-32-22-18-24(37-10-35-22)41(12-39-18)26-16(30)20-14(48-26)8-46-52(43,54)50-19-13(7-45-53(44,55)51-20)47-25(15(19)29)40-11-38-17-21(31)34-9-36-23(17)40/h9-16,19-20,25-26H,4-8H2,1-3H3,(H,33,42)(H,43,54)(H,44,55)(H2,31,34,36)(H,32,35,37)/t13-,14-,15+,16+,19?,20?,25-,26-,52?,53?/m1/s1. The quantitative estimate of drug-likeness (QED) is 0.102. The van der Waals surface area contributed by atoms with Crippen LogP contribution in [0.5, 0.6) is 0 Å². The van der Waals surface area contributed by atoms with E-state index in [0.29, 0.717) is 25.3 Å². The maximum absolute atomic E-state index is 16.4. The van der Waals surface area contributed by atoms with Gasteiger partial charge in [0, 0.05) is 13.1 Å². The van der Waals surface area contributed by atoms with Crippen molar-refractivity contribution >= 4 is 77.6 Å². The summed E-state index contributed by atoms with van der Waals surface area (Å²) in [5.74, 6) is 0.373. The van der Waals surface area contributed by atoms with E-state index in [1.807, 2.05) is 0 Å². The molecule has 10 atom stereocenters. The average Bonchev–Trinajstić information content (AvgIpc) is 3.87. The summed E-state index contributed by atoms with van der Waals surface area (Å²) in [5, 5.41) is 5.78. The highest BCUT2D eigenvalue weighted by molar-refractivity contribution is 8.44. The van der Waals surface area contributed by atoms with Gasteiger partial charge in [-0.2, -0.15) is 0 Å². The lowest BCUT2D eigenvalue weighted by atomic mass is 10.1. The van der Waals surface area contributed by atoms with Crippen LogP contribution in [0.2, 0.25) is 0 Å². The number of halogens is 2. The lowest BCUT2D eigenvalue weighted by Gasteiger charge is -2.29. The molecule has 4 aromatic rings. The zero-order chi connectivity index (χ0) is 39.3. The van der Waals surface area contributed by atoms with Crippen molar-refractivity contribution in [3.63, 3.8) is 0 Å². The summed E-state index contributed by atoms with van der Waals surface area (Å²) in [6.45, 7) is -4.05. The fourth-order valence-corrected chi connectivity index (χ4v) is 9.00. The predicted octanol–water partition coefficient (Wildman–Crippen LogP) is 3.12. The largest absolute Gasteiger partial charge is 0.444 e. The van der Waals surface area contributed by atoms with Gasteiger partial charge in [-0.15, -0.1) is 0 Å². The summed E-state index contributed by atoms with van der Waals surface area (Å²) < 4.78 is 87.9. The first-order valence-corrected chi connectivity index (χ1v) is 22.0. The third-order valence-electron chi connectivity index (χ3n) is 8.46. The second-order valence-electron chi connectivity index (χ2n) is 13.5. The number of ether oxygens (including phenoxy) is 3. The minimum atomic E-state index is -4.44. The first kappa shape index (κ1) is 40.0. The summed E-state index contributed by atoms with van der Waals surface area (Å²) in [6.07, 6.45) is -8.12. The molecule has 0 radical (unpaired) electrons. The van der Waals surface area contributed by atoms with Crippen LogP contribution in [0.1, 0.15) is 39.6 Å². The topological polar surface area (TPSA) is 256 Å². The van der Waals surface area contributed by atoms with Crippen molar-refractivity contribution in [2.24, 2.45) is 0 Å². The number of carbonyl (C=O) groups is 1. The molecular formula is C28H37F2N11O10P2S2. The van der Waals surface area contributed by atoms with Gasteiger partial charge in [0.25, 0.3) is 0 Å². The van der Waals surface area contributed by atoms with Gasteiger partial charge in [-0.1, -0.05) is 12.2 Å². The predicted molar refractivity (Wildman–Crippen MR) is 195 cm³/mol. The van der Waals surface area contributed by atoms with Gasteiger partial charge < -0.3 is 40.0 Å². The number of nitrogen functional groups attached to an aromatic ring is 1. The number of alkyl carbamates (subject to hydrolysis) is 1. The zero-order valence-corrected chi connectivity index (χ0v) is 32.7. The summed E-state index contributed by atoms with van der Waals surface area (Å²) in [5.41, 5.74) is 6.01. The number of nitrogens with one attached hydrogen (secondary N) is 2. The Kier molecular flexibility index (Phi) is 11.4. The van der Waals surface area contributed by atoms with Gasteiger partial charge >= 0.3 is 19.6 Å². The van der Waals surface area contributed by atoms with Gasteiger partial charge in [-0.25, -0.2) is 48.0 Å². The molecule has 1 amide bonds. The van der Waals surface area contributed by atoms with E-state index in [0.717, 1.165) is 6.33 Å². The highest BCUT2D eigenvalue weighted by Gasteiger charge is 2.54. The minimum Gasteiger partial charge on any atom is -0.444 e. The Morgan fingerprint density at radius 3 is 2.20 bits per heavy atom. The molecule has 3 aliphatic heterocycles. The number of anilines is 2. The Labute approximate surface area is 321 Å². The number of imidazole rings is 2. The van der Waals surface area contributed by atoms with E-state index in [1.165, 1.54) is 28.1 Å². The van der Waals surface area contributed by atoms with Crippen molar-refractivity contribution in [1.29, 1.82) is 0 Å². The molecule has 27 heteroatoms. The minimum absolute atomic E-state index is 0.0475. The summed E-state index contributed by atoms with van der Waals surface area (Å²) in [4.78, 5) is 47.9. The molecule has 3 aliphatic rings. The molecule has 5 N–H and O–H groups in total. The SMILES string of the molecule is CC(C)(C)OC(=O)NCCCNc1ncnc2c1ncn2[C@@H]1O[C@@H]2COP(O)(=S)OC3[C@@H](COP(=O)(S)OC2[C@@H]1F)O[C@@H](n1cnc2c(N)ncnc21)[C@H]3F. The van der Waals surface area contributed by atoms with Crippen LogP contribution in [0, 0.1) is 0 Å². The van der Waals surface area contributed by atoms with E-state index in [-0.39, 0.29) is 28.1 Å². The van der Waals surface area contributed by atoms with Crippen molar-refractivity contribution in [1.82, 2.24) is 44.4 Å². The van der Waals surface area contributed by atoms with Gasteiger partial charge in [0.1, 0.15) is 48.2 Å². The molecule has 0 aliphatic carbocycles. The summed E-state index contributed by atoms with van der Waals surface area (Å²) in [7, 11) is 0. The highest BCUT2D eigenvalue weighted by Crippen LogP contribution is 2.58. The molecule has 3 saturated heterocycles. The maximum atomic E-state index is 16.4. The van der Waals surface area contributed by atoms with Crippen LogP contribution < -0.4 is 16.4 Å². The Balaban J connectivity index is 1.05. The van der Waals surface area contributed by atoms with Gasteiger partial charge in [0.15, 0.2) is 53.2 Å². The number of rotatable bonds is 7. The number of nitrogens with two attached hydrogens (primary N) is 1. The van der Waals surface area contributed by atoms with Crippen molar-refractivity contribution in [2.75, 3.05) is 37.4 Å². The smallest absolute Gasteiger partial charge is 0.407 e. The molecule has 7 heterocycles. The van der Waals surface area contributed by atoms with Crippen molar-refractivity contribution < 1.29 is 55.3 Å². The Morgan fingerprint density at radius 1 is 0.964 bits per heavy atom. The number of thiol groups is 1. The molecule has 4 aromatic heterocycles. The molecular weight excluding hydrogens is 814 g/mol. The molecule has 300 valence electrons. The second kappa shape index (κ2) is 15.6. The van der Waals surface area contributed by atoms with E-state index >= 15 is 8.78 Å². The van der Waals surface area contributed by atoms with Crippen LogP contribution in [0.25, 0.3) is 22.3 Å². The molecule has 55 heavy (non-hydrogen) atoms. The number of nitrogens with zero attached hydrogens (tertiary/aromatic N) is 8. The molecule has 0 spiro atoms. The van der Waals surface area contributed by atoms with E-state index in [9.17, 15) is 14.3 Å². The molecule has 0 aromatic carbocycles. The van der Waals surface area contributed by atoms with Gasteiger partial charge in [-0.05, 0) is 39.0 Å². The number of hydrogen-bond acceptors (Lipinski definition) is 18. The molecule has 4 unspecified atom stereocenters. The van der Waals surface area contributed by atoms with Crippen LogP contribution in [-0.2, 0) is 48.7 Å². The maximum Gasteiger partial charge on any atom is 0.407 e. The lowest BCUT2D eigenvalue weighted by Crippen LogP contribution is -2.37. The fraction of sp³-hybridized carbons (Fsp3) is 0.607. The third-order valence-corrected chi connectivity index (χ3v) is 11.6. The van der Waals surface area contributed by atoms with E-state index in [2.05, 4.69) is 52.8 Å². The van der Waals surface area contributed by atoms with Crippen molar-refractivity contribution in [2.45, 2.75) is 82.0 Å². The van der Waals surface area contributed by atoms with Crippen LogP contribution in [0.4, 0.5) is 25.2 Å². The Hall–Kier alpha value is -3.22.